The van der Waals surface area contributed by atoms with Crippen LogP contribution in [0.1, 0.15) is 55.5 Å². The van der Waals surface area contributed by atoms with E-state index in [1.165, 1.54) is 26.3 Å². The number of hydrogen-bond donors (Lipinski definition) is 2. The molecule has 1 heterocycles. The van der Waals surface area contributed by atoms with E-state index in [-0.39, 0.29) is 34.6 Å². The van der Waals surface area contributed by atoms with Crippen LogP contribution in [0.25, 0.3) is 0 Å². The van der Waals surface area contributed by atoms with Crippen molar-refractivity contribution in [1.29, 1.82) is 0 Å². The van der Waals surface area contributed by atoms with E-state index in [9.17, 15) is 18.0 Å². The standard InChI is InChI=1S/C21H26F4N4O2/c1-5-7-8-12(6-2)17(30)13-9-10-15(18(31-4)16(13)22)28-20-27-11-14(21(23,24)25)19(26-3)29-20/h9-12H,5-8H2,1-4H3,(H2,26,27,28,29). The van der Waals surface area contributed by atoms with Crippen molar-refractivity contribution in [3.8, 4) is 5.75 Å². The maximum atomic E-state index is 15.1. The number of rotatable bonds is 10. The van der Waals surface area contributed by atoms with Crippen LogP contribution >= 0.6 is 0 Å². The van der Waals surface area contributed by atoms with Gasteiger partial charge in [0.2, 0.25) is 5.95 Å². The predicted molar refractivity (Wildman–Crippen MR) is 110 cm³/mol. The second kappa shape index (κ2) is 10.4. The molecule has 2 aromatic rings. The van der Waals surface area contributed by atoms with E-state index in [0.717, 1.165) is 12.8 Å². The number of unbranched alkanes of at least 4 members (excludes halogenated alkanes) is 1. The van der Waals surface area contributed by atoms with Gasteiger partial charge in [-0.05, 0) is 25.0 Å². The van der Waals surface area contributed by atoms with Gasteiger partial charge >= 0.3 is 6.18 Å². The van der Waals surface area contributed by atoms with Gasteiger partial charge in [0.15, 0.2) is 17.3 Å². The molecule has 0 fully saturated rings. The highest BCUT2D eigenvalue weighted by Gasteiger charge is 2.35. The summed E-state index contributed by atoms with van der Waals surface area (Å²) in [6, 6.07) is 2.75. The second-order valence-corrected chi connectivity index (χ2v) is 6.95. The molecule has 0 bridgehead atoms. The number of nitrogens with one attached hydrogen (secondary N) is 2. The van der Waals surface area contributed by atoms with E-state index >= 15 is 4.39 Å². The molecule has 0 aliphatic carbocycles. The Balaban J connectivity index is 2.37. The molecule has 0 saturated carbocycles. The summed E-state index contributed by atoms with van der Waals surface area (Å²) in [6.07, 6.45) is -0.952. The minimum absolute atomic E-state index is 0.0833. The van der Waals surface area contributed by atoms with Gasteiger partial charge in [-0.2, -0.15) is 18.2 Å². The molecule has 0 saturated heterocycles. The molecule has 0 aliphatic rings. The fourth-order valence-electron chi connectivity index (χ4n) is 3.20. The van der Waals surface area contributed by atoms with Gasteiger partial charge in [-0.3, -0.25) is 4.79 Å². The van der Waals surface area contributed by atoms with Gasteiger partial charge in [0.1, 0.15) is 11.4 Å². The van der Waals surface area contributed by atoms with Crippen LogP contribution in [0.15, 0.2) is 18.3 Å². The molecule has 0 spiro atoms. The number of nitrogens with zero attached hydrogens (tertiary/aromatic N) is 2. The number of carbonyl (C=O) groups excluding carboxylic acids is 1. The van der Waals surface area contributed by atoms with Crippen molar-refractivity contribution in [2.75, 3.05) is 24.8 Å². The molecule has 0 amide bonds. The molecule has 0 aliphatic heterocycles. The number of anilines is 3. The smallest absolute Gasteiger partial charge is 0.421 e. The monoisotopic (exact) mass is 442 g/mol. The first-order chi connectivity index (χ1) is 14.7. The fraction of sp³-hybridized carbons (Fsp3) is 0.476. The first-order valence-electron chi connectivity index (χ1n) is 9.97. The fourth-order valence-corrected chi connectivity index (χ4v) is 3.20. The number of Topliss-reactive ketones (excluding diaryl/α,β-unsaturated/α-hetero) is 1. The Hall–Kier alpha value is -2.91. The molecule has 1 unspecified atom stereocenters. The van der Waals surface area contributed by atoms with Crippen molar-refractivity contribution in [3.63, 3.8) is 0 Å². The van der Waals surface area contributed by atoms with Gasteiger partial charge in [-0.1, -0.05) is 26.7 Å². The van der Waals surface area contributed by atoms with Crippen molar-refractivity contribution < 1.29 is 27.1 Å². The van der Waals surface area contributed by atoms with E-state index in [1.807, 2.05) is 13.8 Å². The summed E-state index contributed by atoms with van der Waals surface area (Å²) in [4.78, 5) is 20.3. The Morgan fingerprint density at radius 1 is 1.26 bits per heavy atom. The summed E-state index contributed by atoms with van der Waals surface area (Å²) in [6.45, 7) is 3.90. The number of alkyl halides is 3. The zero-order valence-electron chi connectivity index (χ0n) is 17.9. The summed E-state index contributed by atoms with van der Waals surface area (Å²) in [5, 5.41) is 5.02. The molecule has 2 N–H and O–H groups in total. The van der Waals surface area contributed by atoms with Crippen LogP contribution in [0.4, 0.5) is 35.0 Å². The third kappa shape index (κ3) is 5.62. The number of carbonyl (C=O) groups is 1. The van der Waals surface area contributed by atoms with E-state index in [0.29, 0.717) is 19.0 Å². The molecule has 31 heavy (non-hydrogen) atoms. The lowest BCUT2D eigenvalue weighted by atomic mass is 9.90. The molecule has 2 rings (SSSR count). The molecule has 6 nitrogen and oxygen atoms in total. The molecular formula is C21H26F4N4O2. The van der Waals surface area contributed by atoms with Gasteiger partial charge < -0.3 is 15.4 Å². The highest BCUT2D eigenvalue weighted by atomic mass is 19.4. The van der Waals surface area contributed by atoms with E-state index in [2.05, 4.69) is 20.6 Å². The van der Waals surface area contributed by atoms with Crippen LogP contribution in [-0.2, 0) is 6.18 Å². The van der Waals surface area contributed by atoms with E-state index < -0.39 is 23.4 Å². The molecule has 0 radical (unpaired) electrons. The van der Waals surface area contributed by atoms with Gasteiger partial charge in [-0.25, -0.2) is 9.37 Å². The molecule has 1 aromatic heterocycles. The minimum Gasteiger partial charge on any atom is -0.492 e. The number of ketones is 1. The van der Waals surface area contributed by atoms with Crippen LogP contribution in [0.5, 0.6) is 5.75 Å². The molecular weight excluding hydrogens is 416 g/mol. The summed E-state index contributed by atoms with van der Waals surface area (Å²) in [5.74, 6) is -2.31. The average Bonchev–Trinajstić information content (AvgIpc) is 2.73. The summed E-state index contributed by atoms with van der Waals surface area (Å²) in [7, 11) is 2.53. The predicted octanol–water partition coefficient (Wildman–Crippen LogP) is 5.83. The van der Waals surface area contributed by atoms with Gasteiger partial charge in [-0.15, -0.1) is 0 Å². The van der Waals surface area contributed by atoms with Crippen LogP contribution in [0.2, 0.25) is 0 Å². The average molecular weight is 442 g/mol. The van der Waals surface area contributed by atoms with Crippen molar-refractivity contribution in [2.45, 2.75) is 45.7 Å². The lowest BCUT2D eigenvalue weighted by molar-refractivity contribution is -0.137. The third-order valence-corrected chi connectivity index (χ3v) is 4.91. The summed E-state index contributed by atoms with van der Waals surface area (Å²) in [5.41, 5.74) is -1.04. The Bertz CT molecular complexity index is 919. The van der Waals surface area contributed by atoms with Gasteiger partial charge in [0.05, 0.1) is 18.4 Å². The van der Waals surface area contributed by atoms with Gasteiger partial charge in [0, 0.05) is 19.2 Å². The Labute approximate surface area is 178 Å². The highest BCUT2D eigenvalue weighted by Crippen LogP contribution is 2.36. The van der Waals surface area contributed by atoms with Crippen molar-refractivity contribution in [3.05, 3.63) is 35.3 Å². The van der Waals surface area contributed by atoms with Crippen LogP contribution < -0.4 is 15.4 Å². The largest absolute Gasteiger partial charge is 0.492 e. The van der Waals surface area contributed by atoms with Crippen LogP contribution in [0.3, 0.4) is 0 Å². The topological polar surface area (TPSA) is 76.1 Å². The SMILES string of the molecule is CCCCC(CC)C(=O)c1ccc(Nc2ncc(C(F)(F)F)c(NC)n2)c(OC)c1F. The first-order valence-corrected chi connectivity index (χ1v) is 9.97. The zero-order chi connectivity index (χ0) is 23.2. The quantitative estimate of drug-likeness (QED) is 0.356. The maximum absolute atomic E-state index is 15.1. The lowest BCUT2D eigenvalue weighted by Crippen LogP contribution is -2.16. The number of aromatic nitrogens is 2. The number of hydrogen-bond acceptors (Lipinski definition) is 6. The van der Waals surface area contributed by atoms with Crippen molar-refractivity contribution >= 4 is 23.2 Å². The molecule has 1 aromatic carbocycles. The summed E-state index contributed by atoms with van der Waals surface area (Å²) < 4.78 is 59.3. The third-order valence-electron chi connectivity index (χ3n) is 4.91. The Morgan fingerprint density at radius 2 is 1.97 bits per heavy atom. The number of halogens is 4. The normalized spacial score (nSPS) is 12.4. The second-order valence-electron chi connectivity index (χ2n) is 6.95. The van der Waals surface area contributed by atoms with Crippen LogP contribution in [0, 0.1) is 11.7 Å². The lowest BCUT2D eigenvalue weighted by Gasteiger charge is -2.17. The Morgan fingerprint density at radius 3 is 2.52 bits per heavy atom. The van der Waals surface area contributed by atoms with E-state index in [4.69, 9.17) is 4.74 Å². The summed E-state index contributed by atoms with van der Waals surface area (Å²) >= 11 is 0. The zero-order valence-corrected chi connectivity index (χ0v) is 17.9. The molecule has 170 valence electrons. The van der Waals surface area contributed by atoms with Gasteiger partial charge in [0.25, 0.3) is 0 Å². The molecule has 1 atom stereocenters. The molecule has 10 heteroatoms. The number of methoxy groups -OCH3 is 1. The highest BCUT2D eigenvalue weighted by molar-refractivity contribution is 5.99. The Kier molecular flexibility index (Phi) is 8.18. The number of benzene rings is 1. The maximum Gasteiger partial charge on any atom is 0.421 e. The van der Waals surface area contributed by atoms with E-state index in [1.54, 1.807) is 0 Å². The minimum atomic E-state index is -4.63. The number of ether oxygens (including phenoxy) is 1. The van der Waals surface area contributed by atoms with Crippen molar-refractivity contribution in [2.24, 2.45) is 5.92 Å². The first kappa shape index (κ1) is 24.4. The van der Waals surface area contributed by atoms with Crippen molar-refractivity contribution in [1.82, 2.24) is 9.97 Å². The van der Waals surface area contributed by atoms with Crippen LogP contribution in [-0.4, -0.2) is 29.9 Å².